The van der Waals surface area contributed by atoms with Gasteiger partial charge in [-0.05, 0) is 42.7 Å². The molecule has 1 heterocycles. The second kappa shape index (κ2) is 10.2. The van der Waals surface area contributed by atoms with E-state index in [1.54, 1.807) is 24.1 Å². The van der Waals surface area contributed by atoms with Crippen molar-refractivity contribution in [2.24, 2.45) is 0 Å². The minimum Gasteiger partial charge on any atom is -0.497 e. The number of para-hydroxylation sites is 1. The van der Waals surface area contributed by atoms with Crippen molar-refractivity contribution in [2.45, 2.75) is 19.9 Å². The van der Waals surface area contributed by atoms with Crippen LogP contribution in [-0.2, 0) is 21.4 Å². The number of benzene rings is 2. The highest BCUT2D eigenvalue weighted by atomic mass is 32.2. The van der Waals surface area contributed by atoms with Crippen molar-refractivity contribution in [3.05, 3.63) is 59.7 Å². The maximum Gasteiger partial charge on any atom is 0.243 e. The molecule has 8 heteroatoms. The van der Waals surface area contributed by atoms with Crippen LogP contribution in [0.5, 0.6) is 5.75 Å². The quantitative estimate of drug-likeness (QED) is 0.655. The number of hydrogen-bond acceptors (Lipinski definition) is 5. The van der Waals surface area contributed by atoms with Gasteiger partial charge >= 0.3 is 0 Å². The van der Waals surface area contributed by atoms with Crippen LogP contribution in [0.2, 0.25) is 0 Å². The molecule has 3 rings (SSSR count). The summed E-state index contributed by atoms with van der Waals surface area (Å²) in [6.45, 7) is 5.34. The van der Waals surface area contributed by atoms with Gasteiger partial charge in [0.05, 0.1) is 19.1 Å². The Morgan fingerprint density at radius 3 is 2.39 bits per heavy atom. The first-order valence-corrected chi connectivity index (χ1v) is 12.3. The lowest BCUT2D eigenvalue weighted by Gasteiger charge is -2.27. The Balaban J connectivity index is 1.63. The number of methoxy groups -OCH3 is 1. The summed E-state index contributed by atoms with van der Waals surface area (Å²) >= 11 is 0. The Hall–Kier alpha value is -2.58. The van der Waals surface area contributed by atoms with Crippen LogP contribution in [0.3, 0.4) is 0 Å². The van der Waals surface area contributed by atoms with Crippen molar-refractivity contribution < 1.29 is 17.9 Å². The van der Waals surface area contributed by atoms with Gasteiger partial charge in [0.15, 0.2) is 0 Å². The summed E-state index contributed by atoms with van der Waals surface area (Å²) in [6.07, 6.45) is 2.00. The number of carbonyl (C=O) groups excluding carboxylic acids is 1. The minimum atomic E-state index is -3.58. The van der Waals surface area contributed by atoms with Gasteiger partial charge in [0.1, 0.15) is 12.3 Å². The van der Waals surface area contributed by atoms with E-state index in [0.717, 1.165) is 43.6 Å². The fourth-order valence-electron chi connectivity index (χ4n) is 3.81. The predicted molar refractivity (Wildman–Crippen MR) is 123 cm³/mol. The zero-order valence-corrected chi connectivity index (χ0v) is 19.3. The third-order valence-electron chi connectivity index (χ3n) is 5.57. The van der Waals surface area contributed by atoms with Crippen LogP contribution in [0.25, 0.3) is 0 Å². The largest absolute Gasteiger partial charge is 0.497 e. The van der Waals surface area contributed by atoms with Crippen LogP contribution in [0, 0.1) is 6.92 Å². The van der Waals surface area contributed by atoms with E-state index in [2.05, 4.69) is 17.0 Å². The molecule has 0 bridgehead atoms. The molecule has 1 aliphatic rings. The zero-order valence-electron chi connectivity index (χ0n) is 18.5. The fraction of sp³-hybridized carbons (Fsp3) is 0.435. The van der Waals surface area contributed by atoms with Crippen molar-refractivity contribution in [3.63, 3.8) is 0 Å². The normalized spacial score (nSPS) is 15.4. The first-order chi connectivity index (χ1) is 14.8. The predicted octanol–water partition coefficient (Wildman–Crippen LogP) is 2.50. The summed E-state index contributed by atoms with van der Waals surface area (Å²) in [5, 5.41) is 0. The van der Waals surface area contributed by atoms with E-state index in [4.69, 9.17) is 4.74 Å². The molecule has 0 spiro atoms. The molecule has 2 aromatic rings. The van der Waals surface area contributed by atoms with Crippen molar-refractivity contribution in [2.75, 3.05) is 50.4 Å². The van der Waals surface area contributed by atoms with E-state index in [9.17, 15) is 13.2 Å². The van der Waals surface area contributed by atoms with E-state index in [1.807, 2.05) is 31.2 Å². The van der Waals surface area contributed by atoms with Gasteiger partial charge < -0.3 is 9.64 Å². The summed E-state index contributed by atoms with van der Waals surface area (Å²) < 4.78 is 31.2. The van der Waals surface area contributed by atoms with Crippen LogP contribution in [0.15, 0.2) is 48.5 Å². The van der Waals surface area contributed by atoms with Crippen molar-refractivity contribution in [1.82, 2.24) is 9.80 Å². The number of amides is 1. The number of anilines is 1. The molecule has 0 radical (unpaired) electrons. The molecular formula is C23H31N3O4S. The molecule has 1 amide bonds. The number of nitrogens with zero attached hydrogens (tertiary/aromatic N) is 3. The fourth-order valence-corrected chi connectivity index (χ4v) is 4.72. The van der Waals surface area contributed by atoms with Crippen molar-refractivity contribution in [1.29, 1.82) is 0 Å². The highest BCUT2D eigenvalue weighted by molar-refractivity contribution is 7.92. The van der Waals surface area contributed by atoms with Gasteiger partial charge in [-0.1, -0.05) is 30.3 Å². The molecule has 7 nitrogen and oxygen atoms in total. The average Bonchev–Trinajstić information content (AvgIpc) is 2.98. The molecule has 31 heavy (non-hydrogen) atoms. The number of carbonyl (C=O) groups is 1. The monoisotopic (exact) mass is 445 g/mol. The second-order valence-electron chi connectivity index (χ2n) is 7.91. The van der Waals surface area contributed by atoms with Crippen LogP contribution in [0.1, 0.15) is 17.5 Å². The van der Waals surface area contributed by atoms with E-state index in [-0.39, 0.29) is 12.5 Å². The summed E-state index contributed by atoms with van der Waals surface area (Å²) in [5.74, 6) is 0.667. The molecule has 1 saturated heterocycles. The van der Waals surface area contributed by atoms with E-state index in [0.29, 0.717) is 18.8 Å². The minimum absolute atomic E-state index is 0.167. The summed E-state index contributed by atoms with van der Waals surface area (Å²) in [7, 11) is -1.92. The Morgan fingerprint density at radius 1 is 1.03 bits per heavy atom. The topological polar surface area (TPSA) is 70.2 Å². The number of hydrogen-bond donors (Lipinski definition) is 0. The standard InChI is InChI=1S/C23H31N3O4S/c1-19-7-4-5-8-22(19)26(31(3,28)29)18-23(27)25-14-6-13-24(15-16-25)17-20-9-11-21(30-2)12-10-20/h4-5,7-12H,6,13-18H2,1-3H3. The summed E-state index contributed by atoms with van der Waals surface area (Å²) in [4.78, 5) is 17.1. The molecule has 168 valence electrons. The van der Waals surface area contributed by atoms with Crippen LogP contribution in [0.4, 0.5) is 5.69 Å². The third kappa shape index (κ3) is 6.21. The Labute approximate surface area is 185 Å². The molecular weight excluding hydrogens is 414 g/mol. The van der Waals surface area contributed by atoms with E-state index >= 15 is 0 Å². The average molecular weight is 446 g/mol. The van der Waals surface area contributed by atoms with E-state index < -0.39 is 10.0 Å². The van der Waals surface area contributed by atoms with Crippen LogP contribution in [-0.4, -0.2) is 70.2 Å². The molecule has 0 atom stereocenters. The van der Waals surface area contributed by atoms with Gasteiger partial charge in [0.25, 0.3) is 0 Å². The molecule has 2 aromatic carbocycles. The zero-order chi connectivity index (χ0) is 22.4. The van der Waals surface area contributed by atoms with Gasteiger partial charge in [-0.25, -0.2) is 8.42 Å². The molecule has 0 aromatic heterocycles. The first-order valence-electron chi connectivity index (χ1n) is 10.4. The number of rotatable bonds is 7. The lowest BCUT2D eigenvalue weighted by molar-refractivity contribution is -0.129. The van der Waals surface area contributed by atoms with Crippen LogP contribution < -0.4 is 9.04 Å². The molecule has 1 aliphatic heterocycles. The van der Waals surface area contributed by atoms with Gasteiger partial charge in [0.2, 0.25) is 15.9 Å². The molecule has 0 saturated carbocycles. The lowest BCUT2D eigenvalue weighted by atomic mass is 10.2. The molecule has 0 N–H and O–H groups in total. The SMILES string of the molecule is COc1ccc(CN2CCCN(C(=O)CN(c3ccccc3C)S(C)(=O)=O)CC2)cc1. The maximum atomic E-state index is 13.0. The van der Waals surface area contributed by atoms with Gasteiger partial charge in [-0.3, -0.25) is 14.0 Å². The van der Waals surface area contributed by atoms with Gasteiger partial charge in [-0.15, -0.1) is 0 Å². The highest BCUT2D eigenvalue weighted by Gasteiger charge is 2.26. The number of aryl methyl sites for hydroxylation is 1. The Bertz CT molecular complexity index is 992. The second-order valence-corrected chi connectivity index (χ2v) is 9.82. The first kappa shape index (κ1) is 23.1. The lowest BCUT2D eigenvalue weighted by Crippen LogP contribution is -2.44. The van der Waals surface area contributed by atoms with Crippen LogP contribution >= 0.6 is 0 Å². The molecule has 0 unspecified atom stereocenters. The Morgan fingerprint density at radius 2 is 1.74 bits per heavy atom. The Kier molecular flexibility index (Phi) is 7.56. The van der Waals surface area contributed by atoms with Gasteiger partial charge in [0, 0.05) is 32.7 Å². The van der Waals surface area contributed by atoms with Crippen molar-refractivity contribution in [3.8, 4) is 5.75 Å². The van der Waals surface area contributed by atoms with Crippen molar-refractivity contribution >= 4 is 21.6 Å². The number of sulfonamides is 1. The maximum absolute atomic E-state index is 13.0. The molecule has 0 aliphatic carbocycles. The highest BCUT2D eigenvalue weighted by Crippen LogP contribution is 2.22. The third-order valence-corrected chi connectivity index (χ3v) is 6.70. The van der Waals surface area contributed by atoms with Gasteiger partial charge in [-0.2, -0.15) is 0 Å². The molecule has 1 fully saturated rings. The summed E-state index contributed by atoms with van der Waals surface area (Å²) in [5.41, 5.74) is 2.57. The smallest absolute Gasteiger partial charge is 0.243 e. The summed E-state index contributed by atoms with van der Waals surface area (Å²) in [6, 6.07) is 15.2. The number of ether oxygens (including phenoxy) is 1. The van der Waals surface area contributed by atoms with E-state index in [1.165, 1.54) is 9.87 Å².